The second-order valence-corrected chi connectivity index (χ2v) is 8.06. The number of amides is 1. The van der Waals surface area contributed by atoms with Gasteiger partial charge in [0.25, 0.3) is 11.6 Å². The largest absolute Gasteiger partial charge is 0.309 e. The number of carbonyl (C=O) groups is 1. The molecule has 2 aromatic carbocycles. The maximum absolute atomic E-state index is 14.1. The zero-order valence-electron chi connectivity index (χ0n) is 16.7. The summed E-state index contributed by atoms with van der Waals surface area (Å²) in [4.78, 5) is 31.6. The number of carbonyl (C=O) groups excluding carboxylic acids is 1. The standard InChI is InChI=1S/C20H20F2N4O3S/c1-12-14(6-4-7-16(12)26(28)29)19(27)25(9-5-8-24(2)3)20-23-18-15(22)10-13(21)11-17(18)30-20/h4,6-7,10-11H,5,8-9H2,1-3H3. The Kier molecular flexibility index (Phi) is 6.37. The molecule has 1 amide bonds. The summed E-state index contributed by atoms with van der Waals surface area (Å²) < 4.78 is 28.0. The first kappa shape index (κ1) is 21.7. The van der Waals surface area contributed by atoms with E-state index < -0.39 is 22.5 Å². The topological polar surface area (TPSA) is 79.6 Å². The molecule has 0 fully saturated rings. The monoisotopic (exact) mass is 434 g/mol. The summed E-state index contributed by atoms with van der Waals surface area (Å²) in [5.74, 6) is -2.01. The van der Waals surface area contributed by atoms with Crippen molar-refractivity contribution in [3.63, 3.8) is 0 Å². The Morgan fingerprint density at radius 1 is 1.23 bits per heavy atom. The van der Waals surface area contributed by atoms with E-state index in [0.29, 0.717) is 13.0 Å². The van der Waals surface area contributed by atoms with Crippen LogP contribution in [-0.2, 0) is 0 Å². The van der Waals surface area contributed by atoms with E-state index in [0.717, 1.165) is 17.4 Å². The van der Waals surface area contributed by atoms with Crippen LogP contribution in [0.3, 0.4) is 0 Å². The molecular formula is C20H20F2N4O3S. The van der Waals surface area contributed by atoms with Crippen molar-refractivity contribution >= 4 is 38.3 Å². The van der Waals surface area contributed by atoms with Crippen LogP contribution in [0.15, 0.2) is 30.3 Å². The molecule has 1 aromatic heterocycles. The maximum Gasteiger partial charge on any atom is 0.273 e. The molecule has 0 aliphatic heterocycles. The van der Waals surface area contributed by atoms with Crippen molar-refractivity contribution in [2.75, 3.05) is 32.1 Å². The number of benzene rings is 2. The van der Waals surface area contributed by atoms with Gasteiger partial charge in [0.2, 0.25) is 0 Å². The van der Waals surface area contributed by atoms with Gasteiger partial charge in [-0.15, -0.1) is 0 Å². The highest BCUT2D eigenvalue weighted by atomic mass is 32.1. The normalized spacial score (nSPS) is 11.3. The van der Waals surface area contributed by atoms with Crippen molar-refractivity contribution in [2.24, 2.45) is 0 Å². The summed E-state index contributed by atoms with van der Waals surface area (Å²) in [5, 5.41) is 11.5. The lowest BCUT2D eigenvalue weighted by atomic mass is 10.1. The van der Waals surface area contributed by atoms with Gasteiger partial charge in [-0.1, -0.05) is 17.4 Å². The summed E-state index contributed by atoms with van der Waals surface area (Å²) in [6.45, 7) is 2.46. The van der Waals surface area contributed by atoms with E-state index in [9.17, 15) is 23.7 Å². The Balaban J connectivity index is 2.05. The molecule has 0 radical (unpaired) electrons. The van der Waals surface area contributed by atoms with Gasteiger partial charge in [-0.25, -0.2) is 13.8 Å². The van der Waals surface area contributed by atoms with Crippen molar-refractivity contribution in [3.05, 3.63) is 63.2 Å². The summed E-state index contributed by atoms with van der Waals surface area (Å²) >= 11 is 0.998. The van der Waals surface area contributed by atoms with Crippen LogP contribution in [-0.4, -0.2) is 47.9 Å². The number of aromatic nitrogens is 1. The number of rotatable bonds is 7. The van der Waals surface area contributed by atoms with Crippen molar-refractivity contribution in [2.45, 2.75) is 13.3 Å². The van der Waals surface area contributed by atoms with Crippen molar-refractivity contribution in [3.8, 4) is 0 Å². The highest BCUT2D eigenvalue weighted by Gasteiger charge is 2.26. The maximum atomic E-state index is 14.1. The predicted octanol–water partition coefficient (Wildman–Crippen LogP) is 4.39. The van der Waals surface area contributed by atoms with Crippen LogP contribution >= 0.6 is 11.3 Å². The van der Waals surface area contributed by atoms with E-state index in [1.165, 1.54) is 36.1 Å². The first-order chi connectivity index (χ1) is 14.2. The molecule has 3 rings (SSSR count). The smallest absolute Gasteiger partial charge is 0.273 e. The Morgan fingerprint density at radius 3 is 2.63 bits per heavy atom. The third-order valence-electron chi connectivity index (χ3n) is 4.60. The average Bonchev–Trinajstić information content (AvgIpc) is 3.08. The molecule has 0 saturated carbocycles. The van der Waals surface area contributed by atoms with Crippen LogP contribution in [0.5, 0.6) is 0 Å². The van der Waals surface area contributed by atoms with Crippen LogP contribution in [0.25, 0.3) is 10.2 Å². The van der Waals surface area contributed by atoms with Gasteiger partial charge in [0, 0.05) is 29.8 Å². The van der Waals surface area contributed by atoms with Gasteiger partial charge in [-0.05, 0) is 46.1 Å². The number of hydrogen-bond donors (Lipinski definition) is 0. The van der Waals surface area contributed by atoms with Crippen LogP contribution in [0.1, 0.15) is 22.3 Å². The molecule has 0 bridgehead atoms. The molecule has 0 atom stereocenters. The number of anilines is 1. The Hall–Kier alpha value is -2.98. The highest BCUT2D eigenvalue weighted by molar-refractivity contribution is 7.22. The van der Waals surface area contributed by atoms with E-state index in [1.807, 2.05) is 19.0 Å². The number of fused-ring (bicyclic) bond motifs is 1. The Labute approximate surface area is 175 Å². The van der Waals surface area contributed by atoms with Gasteiger partial charge in [0.1, 0.15) is 11.3 Å². The Morgan fingerprint density at radius 2 is 1.97 bits per heavy atom. The van der Waals surface area contributed by atoms with Crippen LogP contribution < -0.4 is 4.90 Å². The fourth-order valence-electron chi connectivity index (χ4n) is 3.09. The minimum absolute atomic E-state index is 0.0161. The second kappa shape index (κ2) is 8.80. The molecule has 0 aliphatic carbocycles. The number of nitro benzene ring substituents is 1. The van der Waals surface area contributed by atoms with E-state index >= 15 is 0 Å². The van der Waals surface area contributed by atoms with Crippen LogP contribution in [0.4, 0.5) is 19.6 Å². The molecule has 0 spiro atoms. The molecule has 1 heterocycles. The lowest BCUT2D eigenvalue weighted by Gasteiger charge is -2.21. The molecule has 30 heavy (non-hydrogen) atoms. The highest BCUT2D eigenvalue weighted by Crippen LogP contribution is 2.33. The van der Waals surface area contributed by atoms with Gasteiger partial charge in [-0.3, -0.25) is 19.8 Å². The van der Waals surface area contributed by atoms with Crippen LogP contribution in [0.2, 0.25) is 0 Å². The molecule has 0 N–H and O–H groups in total. The molecule has 0 saturated heterocycles. The van der Waals surface area contributed by atoms with Crippen LogP contribution in [0, 0.1) is 28.7 Å². The molecule has 10 heteroatoms. The Bertz CT molecular complexity index is 1120. The first-order valence-corrected chi connectivity index (χ1v) is 9.97. The predicted molar refractivity (Wildman–Crippen MR) is 112 cm³/mol. The quantitative estimate of drug-likeness (QED) is 0.407. The third-order valence-corrected chi connectivity index (χ3v) is 5.62. The fourth-order valence-corrected chi connectivity index (χ4v) is 4.12. The molecule has 7 nitrogen and oxygen atoms in total. The lowest BCUT2D eigenvalue weighted by Crippen LogP contribution is -2.34. The molecule has 158 valence electrons. The molecule has 0 aliphatic rings. The van der Waals surface area contributed by atoms with E-state index in [1.54, 1.807) is 0 Å². The van der Waals surface area contributed by atoms with Crippen molar-refractivity contribution < 1.29 is 18.5 Å². The zero-order chi connectivity index (χ0) is 22.0. The van der Waals surface area contributed by atoms with Crippen molar-refractivity contribution in [1.82, 2.24) is 9.88 Å². The summed E-state index contributed by atoms with van der Waals surface area (Å²) in [6.07, 6.45) is 0.597. The molecular weight excluding hydrogens is 414 g/mol. The van der Waals surface area contributed by atoms with Gasteiger partial charge < -0.3 is 4.90 Å². The summed E-state index contributed by atoms with van der Waals surface area (Å²) in [5.41, 5.74) is 0.229. The molecule has 3 aromatic rings. The van der Waals surface area contributed by atoms with Crippen molar-refractivity contribution in [1.29, 1.82) is 0 Å². The second-order valence-electron chi connectivity index (χ2n) is 7.05. The van der Waals surface area contributed by atoms with Gasteiger partial charge in [0.05, 0.1) is 9.62 Å². The number of nitro groups is 1. The SMILES string of the molecule is Cc1c(C(=O)N(CCCN(C)C)c2nc3c(F)cc(F)cc3s2)cccc1[N+](=O)[O-]. The van der Waals surface area contributed by atoms with Gasteiger partial charge >= 0.3 is 0 Å². The number of nitrogens with zero attached hydrogens (tertiary/aromatic N) is 4. The van der Waals surface area contributed by atoms with E-state index in [-0.39, 0.29) is 38.7 Å². The third kappa shape index (κ3) is 4.44. The summed E-state index contributed by atoms with van der Waals surface area (Å²) in [6, 6.07) is 6.20. The first-order valence-electron chi connectivity index (χ1n) is 9.15. The minimum atomic E-state index is -0.806. The molecule has 0 unspecified atom stereocenters. The number of hydrogen-bond acceptors (Lipinski definition) is 6. The average molecular weight is 434 g/mol. The van der Waals surface area contributed by atoms with E-state index in [4.69, 9.17) is 0 Å². The van der Waals surface area contributed by atoms with Gasteiger partial charge in [-0.2, -0.15) is 0 Å². The fraction of sp³-hybridized carbons (Fsp3) is 0.300. The van der Waals surface area contributed by atoms with E-state index in [2.05, 4.69) is 4.98 Å². The van der Waals surface area contributed by atoms with Gasteiger partial charge in [0.15, 0.2) is 10.9 Å². The minimum Gasteiger partial charge on any atom is -0.309 e. The number of halogens is 2. The zero-order valence-corrected chi connectivity index (χ0v) is 17.5. The lowest BCUT2D eigenvalue weighted by molar-refractivity contribution is -0.385. The summed E-state index contributed by atoms with van der Waals surface area (Å²) in [7, 11) is 3.79. The number of thiazole rings is 1.